The van der Waals surface area contributed by atoms with Gasteiger partial charge >= 0.3 is 6.09 Å². The molecular formula is C20H25N3O4. The molecule has 2 rings (SSSR count). The number of amides is 2. The van der Waals surface area contributed by atoms with Gasteiger partial charge in [0.25, 0.3) is 5.91 Å². The van der Waals surface area contributed by atoms with Crippen LogP contribution in [0, 0.1) is 0 Å². The third kappa shape index (κ3) is 6.09. The first kappa shape index (κ1) is 20.4. The maximum Gasteiger partial charge on any atom is 0.423 e. The van der Waals surface area contributed by atoms with Crippen LogP contribution in [0.3, 0.4) is 0 Å². The summed E-state index contributed by atoms with van der Waals surface area (Å²) in [7, 11) is 0. The van der Waals surface area contributed by atoms with Gasteiger partial charge in [-0.05, 0) is 42.2 Å². The number of nitrogens with one attached hydrogen (secondary N) is 2. The highest BCUT2D eigenvalue weighted by molar-refractivity contribution is 5.95. The zero-order chi connectivity index (χ0) is 19.8. The van der Waals surface area contributed by atoms with E-state index in [2.05, 4.69) is 46.8 Å². The minimum Gasteiger partial charge on any atom is -0.391 e. The van der Waals surface area contributed by atoms with Gasteiger partial charge in [0.05, 0.1) is 18.7 Å². The SMILES string of the molecule is CCc1ccc(-c2ccc(C(=O)N[C@H](CNOC(N)=O)[C@@H](C)O)cc2)cc1. The number of hydrogen-bond donors (Lipinski definition) is 4. The summed E-state index contributed by atoms with van der Waals surface area (Å²) in [5, 5.41) is 12.5. The molecule has 5 N–H and O–H groups in total. The zero-order valence-corrected chi connectivity index (χ0v) is 15.4. The van der Waals surface area contributed by atoms with Crippen LogP contribution in [-0.4, -0.2) is 35.8 Å². The van der Waals surface area contributed by atoms with Crippen molar-refractivity contribution in [1.82, 2.24) is 10.8 Å². The Bertz CT molecular complexity index is 758. The first-order chi connectivity index (χ1) is 12.9. The summed E-state index contributed by atoms with van der Waals surface area (Å²) in [4.78, 5) is 27.4. The lowest BCUT2D eigenvalue weighted by molar-refractivity contribution is 0.0656. The minimum atomic E-state index is -0.992. The molecule has 0 heterocycles. The number of carbonyl (C=O) groups is 2. The molecule has 0 spiro atoms. The highest BCUT2D eigenvalue weighted by atomic mass is 16.7. The van der Waals surface area contributed by atoms with Gasteiger partial charge in [-0.25, -0.2) is 4.79 Å². The Morgan fingerprint density at radius 2 is 1.63 bits per heavy atom. The van der Waals surface area contributed by atoms with E-state index >= 15 is 0 Å². The Kier molecular flexibility index (Phi) is 7.34. The molecule has 0 bridgehead atoms. The summed E-state index contributed by atoms with van der Waals surface area (Å²) in [6, 6.07) is 14.8. The van der Waals surface area contributed by atoms with Gasteiger partial charge in [-0.3, -0.25) is 4.79 Å². The van der Waals surface area contributed by atoms with Crippen LogP contribution in [0.4, 0.5) is 4.79 Å². The smallest absolute Gasteiger partial charge is 0.391 e. The molecule has 2 aromatic carbocycles. The van der Waals surface area contributed by atoms with Crippen molar-refractivity contribution < 1.29 is 19.5 Å². The normalized spacial score (nSPS) is 12.9. The molecule has 0 aliphatic carbocycles. The highest BCUT2D eigenvalue weighted by Gasteiger charge is 2.19. The van der Waals surface area contributed by atoms with Gasteiger partial charge in [0, 0.05) is 5.56 Å². The Hall–Kier alpha value is -2.90. The quantitative estimate of drug-likeness (QED) is 0.530. The van der Waals surface area contributed by atoms with Crippen LogP contribution in [0.1, 0.15) is 29.8 Å². The van der Waals surface area contributed by atoms with E-state index in [4.69, 9.17) is 5.73 Å². The van der Waals surface area contributed by atoms with Crippen LogP contribution < -0.4 is 16.5 Å². The van der Waals surface area contributed by atoms with Crippen LogP contribution in [-0.2, 0) is 11.3 Å². The molecular weight excluding hydrogens is 346 g/mol. The number of primary amides is 1. The van der Waals surface area contributed by atoms with E-state index in [1.165, 1.54) is 12.5 Å². The van der Waals surface area contributed by atoms with Gasteiger partial charge in [0.1, 0.15) is 0 Å². The summed E-state index contributed by atoms with van der Waals surface area (Å²) in [6.07, 6.45) is -0.856. The molecule has 0 saturated heterocycles. The molecule has 2 atom stereocenters. The van der Waals surface area contributed by atoms with E-state index in [0.717, 1.165) is 17.5 Å². The standard InChI is InChI=1S/C20H25N3O4/c1-3-14-4-6-15(7-5-14)16-8-10-17(11-9-16)19(25)23-18(13(2)24)12-22-27-20(21)26/h4-11,13,18,22,24H,3,12H2,1-2H3,(H2,21,26)(H,23,25)/t13-,18-/m1/s1. The van der Waals surface area contributed by atoms with E-state index < -0.39 is 18.2 Å². The molecule has 27 heavy (non-hydrogen) atoms. The second-order valence-corrected chi connectivity index (χ2v) is 6.22. The van der Waals surface area contributed by atoms with Crippen molar-refractivity contribution in [3.05, 3.63) is 59.7 Å². The number of rotatable bonds is 8. The van der Waals surface area contributed by atoms with Gasteiger partial charge in [-0.1, -0.05) is 43.3 Å². The van der Waals surface area contributed by atoms with Crippen molar-refractivity contribution >= 4 is 12.0 Å². The Morgan fingerprint density at radius 3 is 2.11 bits per heavy atom. The topological polar surface area (TPSA) is 114 Å². The second kappa shape index (κ2) is 9.70. The Labute approximate surface area is 158 Å². The third-order valence-electron chi connectivity index (χ3n) is 4.22. The third-order valence-corrected chi connectivity index (χ3v) is 4.22. The van der Waals surface area contributed by atoms with Crippen molar-refractivity contribution in [2.45, 2.75) is 32.4 Å². The average molecular weight is 371 g/mol. The van der Waals surface area contributed by atoms with E-state index in [0.29, 0.717) is 5.56 Å². The van der Waals surface area contributed by atoms with Gasteiger partial charge in [0.2, 0.25) is 0 Å². The number of hydrogen-bond acceptors (Lipinski definition) is 5. The first-order valence-corrected chi connectivity index (χ1v) is 8.78. The molecule has 0 fully saturated rings. The number of carbonyl (C=O) groups excluding carboxylic acids is 2. The fourth-order valence-electron chi connectivity index (χ4n) is 2.54. The molecule has 2 amide bonds. The number of hydroxylamine groups is 1. The predicted octanol–water partition coefficient (Wildman–Crippen LogP) is 2.00. The number of aliphatic hydroxyl groups is 1. The summed E-state index contributed by atoms with van der Waals surface area (Å²) in [5.74, 6) is -0.338. The predicted molar refractivity (Wildman–Crippen MR) is 103 cm³/mol. The summed E-state index contributed by atoms with van der Waals surface area (Å²) < 4.78 is 0. The molecule has 144 valence electrons. The summed E-state index contributed by atoms with van der Waals surface area (Å²) in [5.41, 5.74) is 11.0. The van der Waals surface area contributed by atoms with Gasteiger partial charge in [-0.15, -0.1) is 5.48 Å². The average Bonchev–Trinajstić information content (AvgIpc) is 2.67. The van der Waals surface area contributed by atoms with Gasteiger partial charge in [-0.2, -0.15) is 0 Å². The van der Waals surface area contributed by atoms with Crippen molar-refractivity contribution in [2.24, 2.45) is 5.73 Å². The second-order valence-electron chi connectivity index (χ2n) is 6.22. The Balaban J connectivity index is 2.01. The van der Waals surface area contributed by atoms with E-state index in [-0.39, 0.29) is 12.5 Å². The lowest BCUT2D eigenvalue weighted by atomic mass is 10.0. The van der Waals surface area contributed by atoms with E-state index in [1.807, 2.05) is 12.1 Å². The zero-order valence-electron chi connectivity index (χ0n) is 15.4. The van der Waals surface area contributed by atoms with Crippen LogP contribution >= 0.6 is 0 Å². The molecule has 0 saturated carbocycles. The van der Waals surface area contributed by atoms with Crippen molar-refractivity contribution in [3.8, 4) is 11.1 Å². The van der Waals surface area contributed by atoms with Crippen LogP contribution in [0.25, 0.3) is 11.1 Å². The van der Waals surface area contributed by atoms with Crippen LogP contribution in [0.2, 0.25) is 0 Å². The van der Waals surface area contributed by atoms with Crippen LogP contribution in [0.15, 0.2) is 48.5 Å². The lowest BCUT2D eigenvalue weighted by Crippen LogP contribution is -2.48. The lowest BCUT2D eigenvalue weighted by Gasteiger charge is -2.21. The molecule has 0 unspecified atom stereocenters. The maximum absolute atomic E-state index is 12.4. The molecule has 0 aromatic heterocycles. The van der Waals surface area contributed by atoms with Crippen molar-refractivity contribution in [2.75, 3.05) is 6.54 Å². The molecule has 0 radical (unpaired) electrons. The van der Waals surface area contributed by atoms with Gasteiger partial charge < -0.3 is 21.0 Å². The Morgan fingerprint density at radius 1 is 1.07 bits per heavy atom. The first-order valence-electron chi connectivity index (χ1n) is 8.78. The molecule has 7 heteroatoms. The monoisotopic (exact) mass is 371 g/mol. The van der Waals surface area contributed by atoms with E-state index in [9.17, 15) is 14.7 Å². The van der Waals surface area contributed by atoms with Crippen molar-refractivity contribution in [1.29, 1.82) is 0 Å². The largest absolute Gasteiger partial charge is 0.423 e. The fraction of sp³-hybridized carbons (Fsp3) is 0.300. The number of nitrogens with two attached hydrogens (primary N) is 1. The highest BCUT2D eigenvalue weighted by Crippen LogP contribution is 2.20. The van der Waals surface area contributed by atoms with Crippen LogP contribution in [0.5, 0.6) is 0 Å². The summed E-state index contributed by atoms with van der Waals surface area (Å²) >= 11 is 0. The number of aliphatic hydroxyl groups excluding tert-OH is 1. The number of aryl methyl sites for hydroxylation is 1. The van der Waals surface area contributed by atoms with Gasteiger partial charge in [0.15, 0.2) is 0 Å². The fourth-order valence-corrected chi connectivity index (χ4v) is 2.54. The summed E-state index contributed by atoms with van der Waals surface area (Å²) in [6.45, 7) is 3.66. The van der Waals surface area contributed by atoms with E-state index in [1.54, 1.807) is 12.1 Å². The van der Waals surface area contributed by atoms with Crippen molar-refractivity contribution in [3.63, 3.8) is 0 Å². The molecule has 0 aliphatic heterocycles. The molecule has 0 aliphatic rings. The molecule has 7 nitrogen and oxygen atoms in total. The minimum absolute atomic E-state index is 0.0220. The number of benzene rings is 2. The maximum atomic E-state index is 12.4. The molecule has 2 aromatic rings.